The molecule has 0 aliphatic carbocycles. The molecule has 0 aliphatic rings. The van der Waals surface area contributed by atoms with Gasteiger partial charge in [-0.3, -0.25) is 0 Å². The van der Waals surface area contributed by atoms with E-state index < -0.39 is 0 Å². The molecule has 0 spiro atoms. The molecule has 0 bridgehead atoms. The van der Waals surface area contributed by atoms with Crippen molar-refractivity contribution < 1.29 is 31.3 Å². The van der Waals surface area contributed by atoms with Crippen LogP contribution in [0, 0.1) is 20.8 Å². The Morgan fingerprint density at radius 1 is 0.769 bits per heavy atom. The molecule has 143 valence electrons. The van der Waals surface area contributed by atoms with Crippen LogP contribution in [0.4, 0.5) is 5.69 Å². The van der Waals surface area contributed by atoms with E-state index in [9.17, 15) is 5.11 Å². The Morgan fingerprint density at radius 2 is 1.15 bits per heavy atom. The summed E-state index contributed by atoms with van der Waals surface area (Å²) in [5.74, 6) is 0.354. The number of benzene rings is 2. The normalized spacial score (nSPS) is 8.58. The number of aromatic hydroxyl groups is 1. The van der Waals surface area contributed by atoms with Gasteiger partial charge in [0.25, 0.3) is 0 Å². The fourth-order valence-electron chi connectivity index (χ4n) is 2.07. The summed E-state index contributed by atoms with van der Waals surface area (Å²) in [6.07, 6.45) is 0. The molecule has 1 radical (unpaired) electrons. The molecule has 0 saturated heterocycles. The summed E-state index contributed by atoms with van der Waals surface area (Å²) < 4.78 is 0. The van der Waals surface area contributed by atoms with Gasteiger partial charge in [0.05, 0.1) is 0 Å². The second kappa shape index (κ2) is 17.3. The van der Waals surface area contributed by atoms with Gasteiger partial charge in [-0.2, -0.15) is 28.2 Å². The van der Waals surface area contributed by atoms with E-state index in [2.05, 4.69) is 41.9 Å². The Bertz CT molecular complexity index is 582. The average molecular weight is 436 g/mol. The van der Waals surface area contributed by atoms with Crippen molar-refractivity contribution >= 4 is 5.69 Å². The largest absolute Gasteiger partial charge is 3.00 e. The quantitative estimate of drug-likeness (QED) is 0.596. The second-order valence-corrected chi connectivity index (χ2v) is 5.53. The zero-order valence-electron chi connectivity index (χ0n) is 16.5. The maximum atomic E-state index is 9.95. The molecule has 0 aliphatic heterocycles. The van der Waals surface area contributed by atoms with Gasteiger partial charge in [0.1, 0.15) is 5.75 Å². The molecule has 0 fully saturated rings. The van der Waals surface area contributed by atoms with Gasteiger partial charge in [-0.15, -0.1) is 12.2 Å². The van der Waals surface area contributed by atoms with Crippen molar-refractivity contribution in [2.45, 2.75) is 34.7 Å². The summed E-state index contributed by atoms with van der Waals surface area (Å²) in [6.45, 7) is 6.53. The van der Waals surface area contributed by atoms with Crippen molar-refractivity contribution in [1.29, 1.82) is 0 Å². The van der Waals surface area contributed by atoms with E-state index in [0.717, 1.165) is 16.8 Å². The first kappa shape index (κ1) is 29.6. The smallest absolute Gasteiger partial charge is 0.680 e. The van der Waals surface area contributed by atoms with E-state index in [4.69, 9.17) is 0 Å². The Kier molecular flexibility index (Phi) is 19.7. The first-order chi connectivity index (χ1) is 11.4. The minimum atomic E-state index is 0. The summed E-state index contributed by atoms with van der Waals surface area (Å²) in [6, 6.07) is 11.9. The van der Waals surface area contributed by atoms with E-state index in [1.54, 1.807) is 28.2 Å². The van der Waals surface area contributed by atoms with Crippen LogP contribution in [0.2, 0.25) is 0 Å². The number of phenolic OH excluding ortho intramolecular Hbond substituents is 1. The van der Waals surface area contributed by atoms with Gasteiger partial charge in [0.15, 0.2) is 0 Å². The second-order valence-electron chi connectivity index (χ2n) is 5.53. The molecule has 26 heavy (non-hydrogen) atoms. The standard InChI is InChI=1S/C16H18NO.2C2H6N.CH4.Zr/c1-11-6-4-7-12(2)15(11)17-10-14-9-5-8-13(3)16(14)18;2*1-3-2;;/h4-9,18H,10H2,1-3H3;2*1-2H3;1H4;/q3*-1;;+3. The van der Waals surface area contributed by atoms with Crippen LogP contribution in [0.25, 0.3) is 16.0 Å². The summed E-state index contributed by atoms with van der Waals surface area (Å²) in [7, 11) is 7.00. The van der Waals surface area contributed by atoms with Crippen LogP contribution < -0.4 is 0 Å². The summed E-state index contributed by atoms with van der Waals surface area (Å²) in [5, 5.41) is 21.6. The zero-order chi connectivity index (χ0) is 18.5. The Hall–Kier alpha value is -1.16. The summed E-state index contributed by atoms with van der Waals surface area (Å²) in [4.78, 5) is 0. The van der Waals surface area contributed by atoms with Gasteiger partial charge in [-0.25, -0.2) is 0 Å². The number of para-hydroxylation sites is 2. The molecule has 0 unspecified atom stereocenters. The average Bonchev–Trinajstić information content (AvgIpc) is 2.52. The fourth-order valence-corrected chi connectivity index (χ4v) is 2.07. The Labute approximate surface area is 179 Å². The van der Waals surface area contributed by atoms with Crippen molar-refractivity contribution in [2.75, 3.05) is 28.2 Å². The summed E-state index contributed by atoms with van der Waals surface area (Å²) in [5.41, 5.74) is 5.13. The first-order valence-corrected chi connectivity index (χ1v) is 7.89. The minimum Gasteiger partial charge on any atom is -0.680 e. The number of phenols is 1. The van der Waals surface area contributed by atoms with Crippen molar-refractivity contribution in [3.8, 4) is 5.75 Å². The molecule has 0 atom stereocenters. The maximum absolute atomic E-state index is 9.95. The topological polar surface area (TPSA) is 62.5 Å². The molecule has 1 N–H and O–H groups in total. The SMILES string of the molecule is C.C[N-]C.C[N-]C.Cc1cccc(C[N-]c2c(C)cccc2C)c1O.[Zr+3]. The van der Waals surface area contributed by atoms with Crippen LogP contribution in [0.3, 0.4) is 0 Å². The van der Waals surface area contributed by atoms with Gasteiger partial charge in [-0.1, -0.05) is 55.0 Å². The van der Waals surface area contributed by atoms with Crippen molar-refractivity contribution in [1.82, 2.24) is 0 Å². The number of hydrogen-bond donors (Lipinski definition) is 1. The Balaban J connectivity index is -0.000000586. The predicted octanol–water partition coefficient (Wildman–Crippen LogP) is 6.40. The molecule has 5 heteroatoms. The molecular weight excluding hydrogens is 401 g/mol. The van der Waals surface area contributed by atoms with Gasteiger partial charge in [0, 0.05) is 0 Å². The number of hydrogen-bond acceptors (Lipinski definition) is 1. The van der Waals surface area contributed by atoms with Crippen LogP contribution in [0.1, 0.15) is 29.7 Å². The molecule has 0 amide bonds. The third-order valence-corrected chi connectivity index (χ3v) is 3.17. The molecule has 2 rings (SSSR count). The zero-order valence-corrected chi connectivity index (χ0v) is 18.9. The number of nitrogens with zero attached hydrogens (tertiary/aromatic N) is 3. The van der Waals surface area contributed by atoms with Crippen LogP contribution in [0.5, 0.6) is 5.75 Å². The molecular formula is C21H34N3OZr. The third-order valence-electron chi connectivity index (χ3n) is 3.17. The van der Waals surface area contributed by atoms with E-state index in [1.165, 1.54) is 11.1 Å². The molecule has 4 nitrogen and oxygen atoms in total. The van der Waals surface area contributed by atoms with Gasteiger partial charge < -0.3 is 21.1 Å². The number of aryl methyl sites for hydroxylation is 3. The van der Waals surface area contributed by atoms with E-state index in [1.807, 2.05) is 31.2 Å². The monoisotopic (exact) mass is 434 g/mol. The fraction of sp³-hybridized carbons (Fsp3) is 0.429. The minimum absolute atomic E-state index is 0. The van der Waals surface area contributed by atoms with Gasteiger partial charge in [-0.05, 0) is 31.9 Å². The van der Waals surface area contributed by atoms with Crippen LogP contribution >= 0.6 is 0 Å². The molecule has 0 heterocycles. The molecule has 0 saturated carbocycles. The maximum Gasteiger partial charge on any atom is 3.00 e. The first-order valence-electron chi connectivity index (χ1n) is 7.89. The van der Waals surface area contributed by atoms with Crippen LogP contribution in [0.15, 0.2) is 36.4 Å². The molecule has 2 aromatic rings. The predicted molar refractivity (Wildman–Crippen MR) is 113 cm³/mol. The van der Waals surface area contributed by atoms with E-state index in [0.29, 0.717) is 12.3 Å². The van der Waals surface area contributed by atoms with Crippen LogP contribution in [-0.4, -0.2) is 33.3 Å². The van der Waals surface area contributed by atoms with E-state index in [-0.39, 0.29) is 33.6 Å². The van der Waals surface area contributed by atoms with Gasteiger partial charge in [0.2, 0.25) is 0 Å². The third kappa shape index (κ3) is 10.7. The van der Waals surface area contributed by atoms with E-state index >= 15 is 0 Å². The van der Waals surface area contributed by atoms with Crippen molar-refractivity contribution in [2.24, 2.45) is 0 Å². The molecule has 0 aromatic heterocycles. The number of rotatable bonds is 3. The van der Waals surface area contributed by atoms with Crippen LogP contribution in [-0.2, 0) is 32.7 Å². The Morgan fingerprint density at radius 3 is 1.62 bits per heavy atom. The van der Waals surface area contributed by atoms with Crippen molar-refractivity contribution in [3.05, 3.63) is 74.6 Å². The summed E-state index contributed by atoms with van der Waals surface area (Å²) >= 11 is 0. The van der Waals surface area contributed by atoms with Crippen molar-refractivity contribution in [3.63, 3.8) is 0 Å². The molecule has 2 aromatic carbocycles. The van der Waals surface area contributed by atoms with Gasteiger partial charge >= 0.3 is 26.2 Å².